The zero-order valence-electron chi connectivity index (χ0n) is 13.9. The van der Waals surface area contributed by atoms with E-state index in [0.717, 1.165) is 5.56 Å². The van der Waals surface area contributed by atoms with E-state index in [0.29, 0.717) is 27.8 Å². The minimum atomic E-state index is -1.07. The van der Waals surface area contributed by atoms with Gasteiger partial charge in [0, 0.05) is 29.4 Å². The molecular formula is C18H16FN5O2. The molecule has 3 aromatic heterocycles. The van der Waals surface area contributed by atoms with Gasteiger partial charge in [0.05, 0.1) is 11.6 Å². The summed E-state index contributed by atoms with van der Waals surface area (Å²) in [7, 11) is 0. The summed E-state index contributed by atoms with van der Waals surface area (Å²) in [5.74, 6) is -0.379. The van der Waals surface area contributed by atoms with Crippen molar-refractivity contribution in [3.8, 4) is 11.3 Å². The Morgan fingerprint density at radius 2 is 2.15 bits per heavy atom. The van der Waals surface area contributed by atoms with Gasteiger partial charge in [-0.15, -0.1) is 0 Å². The molecule has 3 aromatic rings. The van der Waals surface area contributed by atoms with E-state index >= 15 is 0 Å². The third-order valence-electron chi connectivity index (χ3n) is 4.45. The lowest BCUT2D eigenvalue weighted by atomic mass is 10.1. The first-order valence-corrected chi connectivity index (χ1v) is 8.13. The molecule has 0 spiro atoms. The highest BCUT2D eigenvalue weighted by Gasteiger charge is 2.43. The number of aryl methyl sites for hydroxylation is 1. The Hall–Kier alpha value is -3.29. The number of nitrogen functional groups attached to an aromatic ring is 1. The number of nitrogens with two attached hydrogens (primary N) is 1. The number of carbonyl (C=O) groups is 1. The smallest absolute Gasteiger partial charge is 0.248 e. The summed E-state index contributed by atoms with van der Waals surface area (Å²) < 4.78 is 13.0. The lowest BCUT2D eigenvalue weighted by Crippen LogP contribution is -2.15. The SMILES string of the molecule is Cc1c[nH]c(=O)cc1-c1cc2cc(NC(=O)[C@H]3C[C@H]3F)ncc2c(N)n1. The second kappa shape index (κ2) is 5.91. The van der Waals surface area contributed by atoms with Gasteiger partial charge in [-0.2, -0.15) is 0 Å². The Morgan fingerprint density at radius 1 is 1.38 bits per heavy atom. The Morgan fingerprint density at radius 3 is 2.88 bits per heavy atom. The molecule has 1 aliphatic carbocycles. The van der Waals surface area contributed by atoms with Gasteiger partial charge in [0.2, 0.25) is 11.5 Å². The molecule has 1 aliphatic rings. The molecule has 26 heavy (non-hydrogen) atoms. The summed E-state index contributed by atoms with van der Waals surface area (Å²) in [6.45, 7) is 1.86. The minimum Gasteiger partial charge on any atom is -0.383 e. The number of carbonyl (C=O) groups excluding carboxylic acids is 1. The molecular weight excluding hydrogens is 337 g/mol. The largest absolute Gasteiger partial charge is 0.383 e. The number of H-pyrrole nitrogens is 1. The average molecular weight is 353 g/mol. The van der Waals surface area contributed by atoms with Crippen LogP contribution in [0.2, 0.25) is 0 Å². The van der Waals surface area contributed by atoms with Gasteiger partial charge in [-0.3, -0.25) is 9.59 Å². The zero-order valence-corrected chi connectivity index (χ0v) is 13.9. The fourth-order valence-corrected chi connectivity index (χ4v) is 2.85. The number of anilines is 2. The van der Waals surface area contributed by atoms with E-state index in [2.05, 4.69) is 20.3 Å². The summed E-state index contributed by atoms with van der Waals surface area (Å²) in [6, 6.07) is 4.90. The van der Waals surface area contributed by atoms with Gasteiger partial charge in [-0.25, -0.2) is 14.4 Å². The number of hydrogen-bond acceptors (Lipinski definition) is 5. The second-order valence-corrected chi connectivity index (χ2v) is 6.42. The van der Waals surface area contributed by atoms with E-state index in [9.17, 15) is 14.0 Å². The molecule has 0 aliphatic heterocycles. The van der Waals surface area contributed by atoms with Crippen LogP contribution in [0.5, 0.6) is 0 Å². The quantitative estimate of drug-likeness (QED) is 0.668. The van der Waals surface area contributed by atoms with Crippen LogP contribution >= 0.6 is 0 Å². The number of amides is 1. The number of aromatic nitrogens is 3. The number of hydrogen-bond donors (Lipinski definition) is 3. The molecule has 1 fully saturated rings. The topological polar surface area (TPSA) is 114 Å². The lowest BCUT2D eigenvalue weighted by molar-refractivity contribution is -0.117. The first kappa shape index (κ1) is 16.2. The Labute approximate surface area is 147 Å². The number of halogens is 1. The number of fused-ring (bicyclic) bond motifs is 1. The molecule has 0 saturated heterocycles. The first-order valence-electron chi connectivity index (χ1n) is 8.13. The number of nitrogens with zero attached hydrogens (tertiary/aromatic N) is 2. The molecule has 4 N–H and O–H groups in total. The predicted molar refractivity (Wildman–Crippen MR) is 96.4 cm³/mol. The third-order valence-corrected chi connectivity index (χ3v) is 4.45. The van der Waals surface area contributed by atoms with Crippen molar-refractivity contribution in [1.29, 1.82) is 0 Å². The maximum atomic E-state index is 13.0. The van der Waals surface area contributed by atoms with Crippen LogP contribution in [0.25, 0.3) is 22.0 Å². The van der Waals surface area contributed by atoms with E-state index in [1.807, 2.05) is 6.92 Å². The average Bonchev–Trinajstić information content (AvgIpc) is 3.33. The van der Waals surface area contributed by atoms with Crippen LogP contribution in [0.15, 0.2) is 35.4 Å². The van der Waals surface area contributed by atoms with Gasteiger partial charge in [-0.05, 0) is 36.4 Å². The molecule has 0 aromatic carbocycles. The summed E-state index contributed by atoms with van der Waals surface area (Å²) >= 11 is 0. The third kappa shape index (κ3) is 2.90. The fourth-order valence-electron chi connectivity index (χ4n) is 2.85. The van der Waals surface area contributed by atoms with Crippen molar-refractivity contribution in [2.45, 2.75) is 19.5 Å². The summed E-state index contributed by atoms with van der Waals surface area (Å²) in [6.07, 6.45) is 2.31. The highest BCUT2D eigenvalue weighted by Crippen LogP contribution is 2.35. The second-order valence-electron chi connectivity index (χ2n) is 6.42. The molecule has 1 amide bonds. The molecule has 3 heterocycles. The van der Waals surface area contributed by atoms with Crippen molar-refractivity contribution in [2.24, 2.45) is 5.92 Å². The van der Waals surface area contributed by atoms with E-state index < -0.39 is 12.1 Å². The van der Waals surface area contributed by atoms with E-state index in [-0.39, 0.29) is 23.7 Å². The lowest BCUT2D eigenvalue weighted by Gasteiger charge is -2.10. The monoisotopic (exact) mass is 353 g/mol. The standard InChI is InChI=1S/C18H16FN5O2/c1-8-6-22-16(25)5-10(8)14-2-9-3-15(21-7-12(9)17(20)23-14)24-18(26)11-4-13(11)19/h2-3,5-7,11,13H,4H2,1H3,(H2,20,23)(H,22,25)(H,21,24,26)/t11-,13+/m0/s1. The molecule has 4 rings (SSSR count). The van der Waals surface area contributed by atoms with Crippen molar-refractivity contribution >= 4 is 28.3 Å². The number of nitrogens with one attached hydrogen (secondary N) is 2. The van der Waals surface area contributed by atoms with Crippen LogP contribution in [0.1, 0.15) is 12.0 Å². The number of rotatable bonds is 3. The molecule has 0 unspecified atom stereocenters. The molecule has 7 nitrogen and oxygen atoms in total. The number of pyridine rings is 3. The van der Waals surface area contributed by atoms with Gasteiger partial charge in [-0.1, -0.05) is 0 Å². The van der Waals surface area contributed by atoms with Crippen molar-refractivity contribution in [3.05, 3.63) is 46.5 Å². The van der Waals surface area contributed by atoms with Gasteiger partial charge in [0.15, 0.2) is 0 Å². The Bertz CT molecular complexity index is 1090. The molecule has 0 radical (unpaired) electrons. The van der Waals surface area contributed by atoms with Crippen molar-refractivity contribution in [1.82, 2.24) is 15.0 Å². The first-order chi connectivity index (χ1) is 12.4. The van der Waals surface area contributed by atoms with Crippen molar-refractivity contribution in [3.63, 3.8) is 0 Å². The Balaban J connectivity index is 1.76. The summed E-state index contributed by atoms with van der Waals surface area (Å²) in [4.78, 5) is 34.6. The molecule has 0 bridgehead atoms. The zero-order chi connectivity index (χ0) is 18.4. The summed E-state index contributed by atoms with van der Waals surface area (Å²) in [5.41, 5.74) is 7.87. The minimum absolute atomic E-state index is 0.237. The van der Waals surface area contributed by atoms with Crippen LogP contribution in [-0.2, 0) is 4.79 Å². The number of aromatic amines is 1. The molecule has 1 saturated carbocycles. The highest BCUT2D eigenvalue weighted by atomic mass is 19.1. The maximum absolute atomic E-state index is 13.0. The van der Waals surface area contributed by atoms with Crippen LogP contribution in [-0.4, -0.2) is 27.0 Å². The Kier molecular flexibility index (Phi) is 3.68. The van der Waals surface area contributed by atoms with Gasteiger partial charge >= 0.3 is 0 Å². The van der Waals surface area contributed by atoms with E-state index in [1.165, 1.54) is 12.3 Å². The molecule has 8 heteroatoms. The van der Waals surface area contributed by atoms with Crippen LogP contribution in [0, 0.1) is 12.8 Å². The van der Waals surface area contributed by atoms with Crippen molar-refractivity contribution < 1.29 is 9.18 Å². The van der Waals surface area contributed by atoms with Gasteiger partial charge in [0.1, 0.15) is 17.8 Å². The van der Waals surface area contributed by atoms with E-state index in [1.54, 1.807) is 18.3 Å². The van der Waals surface area contributed by atoms with Gasteiger partial charge in [0.25, 0.3) is 0 Å². The van der Waals surface area contributed by atoms with Crippen LogP contribution in [0.3, 0.4) is 0 Å². The van der Waals surface area contributed by atoms with Gasteiger partial charge < -0.3 is 16.0 Å². The predicted octanol–water partition coefficient (Wildman–Crippen LogP) is 2.17. The van der Waals surface area contributed by atoms with Crippen LogP contribution < -0.4 is 16.6 Å². The maximum Gasteiger partial charge on any atom is 0.248 e. The summed E-state index contributed by atoms with van der Waals surface area (Å²) in [5, 5.41) is 3.96. The fraction of sp³-hybridized carbons (Fsp3) is 0.222. The normalized spacial score (nSPS) is 18.7. The molecule has 2 atom stereocenters. The number of alkyl halides is 1. The van der Waals surface area contributed by atoms with Crippen molar-refractivity contribution in [2.75, 3.05) is 11.1 Å². The molecule has 132 valence electrons. The van der Waals surface area contributed by atoms with Crippen LogP contribution in [0.4, 0.5) is 16.0 Å². The van der Waals surface area contributed by atoms with E-state index in [4.69, 9.17) is 5.73 Å². The highest BCUT2D eigenvalue weighted by molar-refractivity contribution is 5.98.